The molecule has 0 aliphatic rings. The van der Waals surface area contributed by atoms with Gasteiger partial charge in [-0.1, -0.05) is 12.5 Å². The first-order chi connectivity index (χ1) is 3.27. The van der Waals surface area contributed by atoms with E-state index in [0.29, 0.717) is 0 Å². The van der Waals surface area contributed by atoms with E-state index in [4.69, 9.17) is 0 Å². The molecule has 0 aromatic carbocycles. The maximum atomic E-state index is 3.62. The first kappa shape index (κ1) is 16.4. The van der Waals surface area contributed by atoms with Gasteiger partial charge in [-0.05, 0) is 0 Å². The van der Waals surface area contributed by atoms with Crippen LogP contribution < -0.4 is 12.4 Å². The van der Waals surface area contributed by atoms with Crippen molar-refractivity contribution in [2.75, 3.05) is 0 Å². The van der Waals surface area contributed by atoms with Gasteiger partial charge in [0.1, 0.15) is 0 Å². The van der Waals surface area contributed by atoms with Gasteiger partial charge >= 0.3 is 23.1 Å². The molecule has 0 amide bonds. The fourth-order valence-electron chi connectivity index (χ4n) is 0.391. The monoisotopic (exact) mass is 156 g/mol. The van der Waals surface area contributed by atoms with E-state index in [1.54, 1.807) is 0 Å². The summed E-state index contributed by atoms with van der Waals surface area (Å²) in [7, 11) is 0. The summed E-state index contributed by atoms with van der Waals surface area (Å²) in [6, 6.07) is 0. The molecule has 0 bridgehead atoms. The Morgan fingerprint density at radius 3 is 2.00 bits per heavy atom. The third-order valence-corrected chi connectivity index (χ3v) is 0.848. The van der Waals surface area contributed by atoms with Crippen LogP contribution in [0, 0.1) is 5.92 Å². The fourth-order valence-corrected chi connectivity index (χ4v) is 0.391. The maximum absolute atomic E-state index is 3.62. The van der Waals surface area contributed by atoms with Crippen LogP contribution >= 0.6 is 0 Å². The topological polar surface area (TPSA) is 0 Å². The standard InChI is InChI=1S/C7H13.ClH.Mg/c1-4-5-6-7(2)3;;/h4H,1,5-6H2,2-3H3;1H;/q-1;;+2/p-1. The van der Waals surface area contributed by atoms with Gasteiger partial charge in [-0.3, -0.25) is 0 Å². The molecule has 0 rings (SSSR count). The minimum atomic E-state index is 0. The van der Waals surface area contributed by atoms with Crippen molar-refractivity contribution < 1.29 is 12.4 Å². The van der Waals surface area contributed by atoms with Crippen molar-refractivity contribution in [1.82, 2.24) is 0 Å². The largest absolute Gasteiger partial charge is 2.00 e. The van der Waals surface area contributed by atoms with Crippen LogP contribution in [0.2, 0.25) is 0 Å². The Kier molecular flexibility index (Phi) is 21.1. The van der Waals surface area contributed by atoms with Crippen LogP contribution in [0.15, 0.2) is 12.7 Å². The molecule has 0 unspecified atom stereocenters. The summed E-state index contributed by atoms with van der Waals surface area (Å²) in [4.78, 5) is 0. The van der Waals surface area contributed by atoms with Crippen LogP contribution in [0.3, 0.4) is 0 Å². The quantitative estimate of drug-likeness (QED) is 0.285. The van der Waals surface area contributed by atoms with Gasteiger partial charge in [0.2, 0.25) is 0 Å². The Morgan fingerprint density at radius 2 is 1.89 bits per heavy atom. The maximum Gasteiger partial charge on any atom is 2.00 e. The predicted octanol–water partition coefficient (Wildman–Crippen LogP) is -0.810. The van der Waals surface area contributed by atoms with Gasteiger partial charge in [0.05, 0.1) is 0 Å². The Hall–Kier alpha value is 0.796. The number of hydrogen-bond acceptors (Lipinski definition) is 0. The fraction of sp³-hybridized carbons (Fsp3) is 0.571. The van der Waals surface area contributed by atoms with Crippen molar-refractivity contribution in [2.24, 2.45) is 0 Å². The number of halogens is 1. The average molecular weight is 157 g/mol. The second-order valence-electron chi connectivity index (χ2n) is 2.03. The summed E-state index contributed by atoms with van der Waals surface area (Å²) < 4.78 is 0. The molecule has 0 radical (unpaired) electrons. The zero-order chi connectivity index (χ0) is 5.70. The van der Waals surface area contributed by atoms with Gasteiger partial charge in [0, 0.05) is 0 Å². The SMILES string of the molecule is C=CCC[C-](C)C.[Cl-].[Mg+2]. The summed E-state index contributed by atoms with van der Waals surface area (Å²) in [5, 5.41) is 0. The van der Waals surface area contributed by atoms with E-state index < -0.39 is 0 Å². The third kappa shape index (κ3) is 17.7. The molecule has 0 aliphatic heterocycles. The molecule has 0 saturated carbocycles. The Bertz CT molecular complexity index is 52.9. The molecule has 0 aromatic rings. The molecule has 0 atom stereocenters. The normalized spacial score (nSPS) is 7.44. The summed E-state index contributed by atoms with van der Waals surface area (Å²) in [6.45, 7) is 7.90. The van der Waals surface area contributed by atoms with Gasteiger partial charge in [0.25, 0.3) is 0 Å². The molecule has 9 heavy (non-hydrogen) atoms. The number of hydrogen-bond donors (Lipinski definition) is 0. The van der Waals surface area contributed by atoms with Crippen molar-refractivity contribution in [3.05, 3.63) is 18.6 Å². The molecule has 0 saturated heterocycles. The second-order valence-corrected chi connectivity index (χ2v) is 2.03. The Balaban J connectivity index is -0.000000180. The van der Waals surface area contributed by atoms with Crippen LogP contribution in [0.1, 0.15) is 26.7 Å². The van der Waals surface area contributed by atoms with Crippen molar-refractivity contribution in [2.45, 2.75) is 26.7 Å². The minimum absolute atomic E-state index is 0. The van der Waals surface area contributed by atoms with E-state index in [0.717, 1.165) is 6.42 Å². The molecule has 0 N–H and O–H groups in total. The van der Waals surface area contributed by atoms with Crippen LogP contribution in [0.5, 0.6) is 0 Å². The minimum Gasteiger partial charge on any atom is -1.00 e. The molecule has 0 aromatic heterocycles. The van der Waals surface area contributed by atoms with E-state index in [1.807, 2.05) is 6.08 Å². The third-order valence-electron chi connectivity index (χ3n) is 0.848. The van der Waals surface area contributed by atoms with Crippen LogP contribution in [-0.2, 0) is 0 Å². The number of allylic oxidation sites excluding steroid dienone is 1. The van der Waals surface area contributed by atoms with E-state index in [9.17, 15) is 0 Å². The molecule has 0 aliphatic carbocycles. The number of rotatable bonds is 3. The molecule has 0 spiro atoms. The molecule has 0 heterocycles. The van der Waals surface area contributed by atoms with Crippen LogP contribution in [0.4, 0.5) is 0 Å². The molecular formula is C7H13ClMg. The Labute approximate surface area is 80.7 Å². The summed E-state index contributed by atoms with van der Waals surface area (Å²) in [6.07, 6.45) is 4.28. The van der Waals surface area contributed by atoms with Crippen molar-refractivity contribution >= 4 is 23.1 Å². The van der Waals surface area contributed by atoms with Gasteiger partial charge < -0.3 is 18.3 Å². The van der Waals surface area contributed by atoms with E-state index >= 15 is 0 Å². The molecule has 50 valence electrons. The second kappa shape index (κ2) is 11.6. The summed E-state index contributed by atoms with van der Waals surface area (Å²) in [5.41, 5.74) is 0. The van der Waals surface area contributed by atoms with Gasteiger partial charge in [-0.25, -0.2) is 0 Å². The molecular weight excluding hydrogens is 144 g/mol. The van der Waals surface area contributed by atoms with Crippen LogP contribution in [0.25, 0.3) is 0 Å². The van der Waals surface area contributed by atoms with Crippen molar-refractivity contribution in [3.63, 3.8) is 0 Å². The van der Waals surface area contributed by atoms with Crippen molar-refractivity contribution in [1.29, 1.82) is 0 Å². The van der Waals surface area contributed by atoms with E-state index in [1.165, 1.54) is 12.3 Å². The molecule has 2 heteroatoms. The molecule has 0 fully saturated rings. The summed E-state index contributed by atoms with van der Waals surface area (Å²) in [5.74, 6) is 1.49. The zero-order valence-corrected chi connectivity index (χ0v) is 8.45. The van der Waals surface area contributed by atoms with Crippen LogP contribution in [-0.4, -0.2) is 23.1 Å². The van der Waals surface area contributed by atoms with E-state index in [2.05, 4.69) is 20.4 Å². The first-order valence-electron chi connectivity index (χ1n) is 2.67. The average Bonchev–Trinajstić information content (AvgIpc) is 1.61. The Morgan fingerprint density at radius 1 is 1.44 bits per heavy atom. The zero-order valence-electron chi connectivity index (χ0n) is 6.28. The van der Waals surface area contributed by atoms with E-state index in [-0.39, 0.29) is 35.5 Å². The van der Waals surface area contributed by atoms with Gasteiger partial charge in [-0.15, -0.1) is 6.58 Å². The van der Waals surface area contributed by atoms with Gasteiger partial charge in [-0.2, -0.15) is 20.3 Å². The van der Waals surface area contributed by atoms with Gasteiger partial charge in [0.15, 0.2) is 0 Å². The predicted molar refractivity (Wildman–Crippen MR) is 39.8 cm³/mol. The molecule has 0 nitrogen and oxygen atoms in total. The first-order valence-corrected chi connectivity index (χ1v) is 2.67. The smallest absolute Gasteiger partial charge is 1.00 e. The van der Waals surface area contributed by atoms with Crippen molar-refractivity contribution in [3.8, 4) is 0 Å². The summed E-state index contributed by atoms with van der Waals surface area (Å²) >= 11 is 0.